The van der Waals surface area contributed by atoms with Crippen molar-refractivity contribution >= 4 is 5.91 Å². The van der Waals surface area contributed by atoms with Gasteiger partial charge >= 0.3 is 0 Å². The van der Waals surface area contributed by atoms with E-state index in [4.69, 9.17) is 4.74 Å². The van der Waals surface area contributed by atoms with E-state index >= 15 is 0 Å². The van der Waals surface area contributed by atoms with Crippen LogP contribution < -0.4 is 0 Å². The molecule has 5 fully saturated rings. The van der Waals surface area contributed by atoms with Gasteiger partial charge < -0.3 is 9.64 Å². The zero-order chi connectivity index (χ0) is 20.9. The lowest BCUT2D eigenvalue weighted by atomic mass is 9.46. The number of piperazine rings is 1. The molecule has 4 bridgehead atoms. The van der Waals surface area contributed by atoms with E-state index in [-0.39, 0.29) is 17.1 Å². The predicted octanol–water partition coefficient (Wildman–Crippen LogP) is 1.85. The molecule has 2 heterocycles. The van der Waals surface area contributed by atoms with E-state index in [1.165, 1.54) is 6.42 Å². The Morgan fingerprint density at radius 3 is 2.43 bits per heavy atom. The molecule has 1 aromatic heterocycles. The summed E-state index contributed by atoms with van der Waals surface area (Å²) in [5.41, 5.74) is -0.314. The molecule has 8 heteroatoms. The first-order chi connectivity index (χ1) is 14.4. The first-order valence-electron chi connectivity index (χ1n) is 11.8. The van der Waals surface area contributed by atoms with Crippen LogP contribution in [0, 0.1) is 24.2 Å². The molecule has 2 unspecified atom stereocenters. The van der Waals surface area contributed by atoms with Crippen LogP contribution in [0.5, 0.6) is 0 Å². The fourth-order valence-corrected chi connectivity index (χ4v) is 7.11. The molecular formula is C22H36N6O2. The first kappa shape index (κ1) is 20.4. The Morgan fingerprint density at radius 2 is 1.83 bits per heavy atom. The van der Waals surface area contributed by atoms with Crippen LogP contribution in [0.4, 0.5) is 0 Å². The number of hydrogen-bond acceptors (Lipinski definition) is 6. The average molecular weight is 417 g/mol. The Hall–Kier alpha value is -1.54. The van der Waals surface area contributed by atoms with Gasteiger partial charge in [0.1, 0.15) is 0 Å². The molecule has 0 radical (unpaired) electrons. The standard InChI is InChI=1S/C22H36N6O2/c1-16(2)30-9-8-26-4-6-27(7-5-26)20(29)21-11-18-10-19(12-21)14-22(13-18,15-21)28-24-17(3)23-25-28/h16,18-19H,4-15H2,1-3H3. The summed E-state index contributed by atoms with van der Waals surface area (Å²) in [7, 11) is 0. The minimum Gasteiger partial charge on any atom is -0.377 e. The third-order valence-electron chi connectivity index (χ3n) is 7.94. The zero-order valence-electron chi connectivity index (χ0n) is 18.7. The van der Waals surface area contributed by atoms with Crippen LogP contribution in [-0.4, -0.2) is 81.3 Å². The van der Waals surface area contributed by atoms with Gasteiger partial charge in [0, 0.05) is 32.7 Å². The maximum absolute atomic E-state index is 13.9. The molecule has 0 N–H and O–H groups in total. The molecule has 1 aromatic rings. The highest BCUT2D eigenvalue weighted by Crippen LogP contribution is 2.64. The molecule has 1 aliphatic heterocycles. The largest absolute Gasteiger partial charge is 0.377 e. The van der Waals surface area contributed by atoms with Crippen molar-refractivity contribution < 1.29 is 9.53 Å². The topological polar surface area (TPSA) is 76.4 Å². The molecule has 8 nitrogen and oxygen atoms in total. The van der Waals surface area contributed by atoms with Crippen LogP contribution in [0.25, 0.3) is 0 Å². The van der Waals surface area contributed by atoms with Crippen LogP contribution in [0.1, 0.15) is 58.2 Å². The van der Waals surface area contributed by atoms with Gasteiger partial charge in [-0.25, -0.2) is 0 Å². The fourth-order valence-electron chi connectivity index (χ4n) is 7.11. The third kappa shape index (κ3) is 3.55. The van der Waals surface area contributed by atoms with Crippen LogP contribution in [0.3, 0.4) is 0 Å². The Bertz CT molecular complexity index is 770. The molecule has 166 valence electrons. The maximum atomic E-state index is 13.9. The van der Waals surface area contributed by atoms with Crippen molar-refractivity contribution in [2.24, 2.45) is 17.3 Å². The van der Waals surface area contributed by atoms with Gasteiger partial charge in [0.05, 0.1) is 23.7 Å². The van der Waals surface area contributed by atoms with Crippen LogP contribution >= 0.6 is 0 Å². The van der Waals surface area contributed by atoms with Gasteiger partial charge in [0.15, 0.2) is 5.82 Å². The van der Waals surface area contributed by atoms with Crippen molar-refractivity contribution in [1.82, 2.24) is 30.0 Å². The first-order valence-corrected chi connectivity index (χ1v) is 11.8. The Labute approximate surface area is 179 Å². The normalized spacial score (nSPS) is 36.1. The highest BCUT2D eigenvalue weighted by atomic mass is 16.5. The Balaban J connectivity index is 1.27. The van der Waals surface area contributed by atoms with E-state index in [1.807, 2.05) is 11.7 Å². The zero-order valence-corrected chi connectivity index (χ0v) is 18.7. The van der Waals surface area contributed by atoms with Crippen molar-refractivity contribution in [2.75, 3.05) is 39.3 Å². The van der Waals surface area contributed by atoms with E-state index in [0.717, 1.165) is 77.3 Å². The van der Waals surface area contributed by atoms with E-state index in [2.05, 4.69) is 39.1 Å². The molecule has 1 amide bonds. The van der Waals surface area contributed by atoms with E-state index in [9.17, 15) is 4.79 Å². The second kappa shape index (κ2) is 7.55. The number of carbonyl (C=O) groups is 1. The van der Waals surface area contributed by atoms with Crippen LogP contribution in [0.2, 0.25) is 0 Å². The van der Waals surface area contributed by atoms with Gasteiger partial charge in [0.25, 0.3) is 0 Å². The number of nitrogens with zero attached hydrogens (tertiary/aromatic N) is 6. The van der Waals surface area contributed by atoms with Crippen molar-refractivity contribution in [2.45, 2.75) is 70.9 Å². The summed E-state index contributed by atoms with van der Waals surface area (Å²) in [5, 5.41) is 13.1. The smallest absolute Gasteiger partial charge is 0.228 e. The van der Waals surface area contributed by atoms with E-state index in [1.54, 1.807) is 0 Å². The Morgan fingerprint density at radius 1 is 1.13 bits per heavy atom. The predicted molar refractivity (Wildman–Crippen MR) is 112 cm³/mol. The number of carbonyl (C=O) groups excluding carboxylic acids is 1. The summed E-state index contributed by atoms with van der Waals surface area (Å²) in [5.74, 6) is 2.37. The van der Waals surface area contributed by atoms with Crippen molar-refractivity contribution in [3.8, 4) is 0 Å². The lowest BCUT2D eigenvalue weighted by molar-refractivity contribution is -0.169. The number of ether oxygens (including phenoxy) is 1. The lowest BCUT2D eigenvalue weighted by Gasteiger charge is -2.61. The molecule has 0 spiro atoms. The summed E-state index contributed by atoms with van der Waals surface area (Å²) in [6, 6.07) is 0. The highest BCUT2D eigenvalue weighted by Gasteiger charge is 2.63. The Kier molecular flexibility index (Phi) is 5.13. The van der Waals surface area contributed by atoms with E-state index in [0.29, 0.717) is 17.7 Å². The number of amides is 1. The maximum Gasteiger partial charge on any atom is 0.228 e. The molecule has 30 heavy (non-hydrogen) atoms. The second-order valence-electron chi connectivity index (χ2n) is 10.6. The molecule has 5 aliphatic rings. The minimum absolute atomic E-state index is 0.100. The van der Waals surface area contributed by atoms with Crippen molar-refractivity contribution in [3.63, 3.8) is 0 Å². The summed E-state index contributed by atoms with van der Waals surface area (Å²) >= 11 is 0. The molecule has 2 atom stereocenters. The summed E-state index contributed by atoms with van der Waals surface area (Å²) in [6.45, 7) is 11.3. The molecular weight excluding hydrogens is 380 g/mol. The van der Waals surface area contributed by atoms with Gasteiger partial charge in [-0.1, -0.05) is 0 Å². The van der Waals surface area contributed by atoms with Gasteiger partial charge in [-0.3, -0.25) is 9.69 Å². The highest BCUT2D eigenvalue weighted by molar-refractivity contribution is 5.83. The lowest BCUT2D eigenvalue weighted by Crippen LogP contribution is -2.63. The average Bonchev–Trinajstić information content (AvgIpc) is 3.14. The van der Waals surface area contributed by atoms with Gasteiger partial charge in [-0.05, 0) is 76.3 Å². The van der Waals surface area contributed by atoms with Crippen molar-refractivity contribution in [3.05, 3.63) is 5.82 Å². The third-order valence-corrected chi connectivity index (χ3v) is 7.94. The summed E-state index contributed by atoms with van der Waals surface area (Å²) in [4.78, 5) is 20.3. The molecule has 6 rings (SSSR count). The molecule has 0 aromatic carbocycles. The van der Waals surface area contributed by atoms with Gasteiger partial charge in [0.2, 0.25) is 5.91 Å². The van der Waals surface area contributed by atoms with Crippen molar-refractivity contribution in [1.29, 1.82) is 0 Å². The summed E-state index contributed by atoms with van der Waals surface area (Å²) in [6.07, 6.45) is 6.77. The molecule has 4 saturated carbocycles. The number of rotatable bonds is 6. The van der Waals surface area contributed by atoms with Crippen LogP contribution in [0.15, 0.2) is 0 Å². The molecule has 1 saturated heterocycles. The van der Waals surface area contributed by atoms with Gasteiger partial charge in [-0.15, -0.1) is 10.2 Å². The number of aromatic nitrogens is 4. The second-order valence-corrected chi connectivity index (χ2v) is 10.6. The number of hydrogen-bond donors (Lipinski definition) is 0. The monoisotopic (exact) mass is 416 g/mol. The van der Waals surface area contributed by atoms with Crippen LogP contribution in [-0.2, 0) is 15.1 Å². The number of aryl methyl sites for hydroxylation is 1. The van der Waals surface area contributed by atoms with Gasteiger partial charge in [-0.2, -0.15) is 4.80 Å². The minimum atomic E-state index is -0.214. The number of tetrazole rings is 1. The summed E-state index contributed by atoms with van der Waals surface area (Å²) < 4.78 is 5.70. The fraction of sp³-hybridized carbons (Fsp3) is 0.909. The molecule has 4 aliphatic carbocycles. The quantitative estimate of drug-likeness (QED) is 0.704. The SMILES string of the molecule is Cc1nnn(C23CC4CC(CC(C(=O)N5CCN(CCOC(C)C)CC5)(C4)C2)C3)n1. The van der Waals surface area contributed by atoms with E-state index < -0.39 is 0 Å².